The number of nitrogens with two attached hydrogens (primary N) is 1. The number of hydrogen-bond donors (Lipinski definition) is 2. The summed E-state index contributed by atoms with van der Waals surface area (Å²) >= 11 is 0. The molecule has 1 aliphatic rings. The van der Waals surface area contributed by atoms with Crippen LogP contribution in [0.2, 0.25) is 0 Å². The Morgan fingerprint density at radius 3 is 2.74 bits per heavy atom. The van der Waals surface area contributed by atoms with Crippen LogP contribution in [0.3, 0.4) is 0 Å². The van der Waals surface area contributed by atoms with Gasteiger partial charge in [-0.1, -0.05) is 12.1 Å². The minimum Gasteiger partial charge on any atom is -0.507 e. The number of para-hydroxylation sites is 1. The van der Waals surface area contributed by atoms with Gasteiger partial charge in [-0.25, -0.2) is 0 Å². The van der Waals surface area contributed by atoms with Gasteiger partial charge in [0.2, 0.25) is 0 Å². The van der Waals surface area contributed by atoms with Gasteiger partial charge in [0.15, 0.2) is 11.6 Å². The van der Waals surface area contributed by atoms with E-state index in [0.29, 0.717) is 22.9 Å². The summed E-state index contributed by atoms with van der Waals surface area (Å²) in [6.07, 6.45) is 1.97. The fourth-order valence-electron chi connectivity index (χ4n) is 2.78. The van der Waals surface area contributed by atoms with E-state index in [4.69, 9.17) is 15.2 Å². The van der Waals surface area contributed by atoms with E-state index in [0.717, 1.165) is 26.1 Å². The maximum Gasteiger partial charge on any atom is 0.188 e. The summed E-state index contributed by atoms with van der Waals surface area (Å²) in [5.41, 5.74) is 7.03. The fraction of sp³-hybridized carbons (Fsp3) is 0.412. The molecule has 1 aromatic heterocycles. The summed E-state index contributed by atoms with van der Waals surface area (Å²) in [4.78, 5) is 0. The van der Waals surface area contributed by atoms with E-state index in [1.807, 2.05) is 13.0 Å². The normalized spacial score (nSPS) is 16.9. The third kappa shape index (κ3) is 3.53. The van der Waals surface area contributed by atoms with Gasteiger partial charge in [-0.15, -0.1) is 10.2 Å². The Morgan fingerprint density at radius 1 is 1.26 bits per heavy atom. The van der Waals surface area contributed by atoms with Crippen molar-refractivity contribution in [3.05, 3.63) is 30.3 Å². The van der Waals surface area contributed by atoms with E-state index in [1.165, 1.54) is 0 Å². The van der Waals surface area contributed by atoms with Gasteiger partial charge in [-0.2, -0.15) is 0 Å². The summed E-state index contributed by atoms with van der Waals surface area (Å²) in [6, 6.07) is 8.71. The van der Waals surface area contributed by atoms with Crippen molar-refractivity contribution in [2.24, 2.45) is 5.92 Å². The first kappa shape index (κ1) is 15.6. The lowest BCUT2D eigenvalue weighted by atomic mass is 9.95. The number of aromatic hydroxyl groups is 1. The number of rotatable bonds is 4. The number of nitrogens with zero attached hydrogens (tertiary/aromatic N) is 2. The highest BCUT2D eigenvalue weighted by atomic mass is 16.5. The van der Waals surface area contributed by atoms with Gasteiger partial charge in [0, 0.05) is 24.8 Å². The molecule has 6 heteroatoms. The number of hydrogen-bond acceptors (Lipinski definition) is 6. The minimum absolute atomic E-state index is 0.0163. The van der Waals surface area contributed by atoms with Crippen LogP contribution in [0.5, 0.6) is 11.5 Å². The first-order chi connectivity index (χ1) is 11.1. The molecule has 23 heavy (non-hydrogen) atoms. The lowest BCUT2D eigenvalue weighted by Crippen LogP contribution is -2.29. The first-order valence-corrected chi connectivity index (χ1v) is 7.81. The molecule has 1 unspecified atom stereocenters. The Bertz CT molecular complexity index is 672. The summed E-state index contributed by atoms with van der Waals surface area (Å²) in [5, 5.41) is 18.0. The van der Waals surface area contributed by atoms with Gasteiger partial charge in [0.25, 0.3) is 0 Å². The second kappa shape index (κ2) is 6.83. The van der Waals surface area contributed by atoms with Crippen LogP contribution >= 0.6 is 0 Å². The molecule has 122 valence electrons. The lowest BCUT2D eigenvalue weighted by Gasteiger charge is -2.28. The average Bonchev–Trinajstić information content (AvgIpc) is 2.58. The number of benzene rings is 1. The molecule has 1 saturated heterocycles. The molecule has 0 spiro atoms. The highest BCUT2D eigenvalue weighted by Gasteiger charge is 2.23. The largest absolute Gasteiger partial charge is 0.507 e. The maximum atomic E-state index is 9.96. The van der Waals surface area contributed by atoms with Crippen LogP contribution in [0.1, 0.15) is 19.8 Å². The summed E-state index contributed by atoms with van der Waals surface area (Å²) < 4.78 is 11.4. The van der Waals surface area contributed by atoms with E-state index >= 15 is 0 Å². The molecule has 0 bridgehead atoms. The van der Waals surface area contributed by atoms with Crippen molar-refractivity contribution in [1.82, 2.24) is 10.2 Å². The molecule has 1 atom stereocenters. The van der Waals surface area contributed by atoms with E-state index in [-0.39, 0.29) is 17.7 Å². The zero-order chi connectivity index (χ0) is 16.2. The van der Waals surface area contributed by atoms with Gasteiger partial charge in [0.1, 0.15) is 11.4 Å². The summed E-state index contributed by atoms with van der Waals surface area (Å²) in [5.74, 6) is 1.33. The standard InChI is InChI=1S/C17H21N3O3/c1-11(12-6-8-22-9-7-12)23-16-10-14(19-20-17(16)18)13-4-2-3-5-15(13)21/h2-5,10-12,21H,6-9H2,1H3,(H2,18,20). The van der Waals surface area contributed by atoms with Gasteiger partial charge in [-0.05, 0) is 37.8 Å². The summed E-state index contributed by atoms with van der Waals surface area (Å²) in [7, 11) is 0. The molecule has 1 aromatic carbocycles. The molecule has 2 heterocycles. The number of ether oxygens (including phenoxy) is 2. The molecule has 3 N–H and O–H groups in total. The van der Waals surface area contributed by atoms with E-state index in [1.54, 1.807) is 24.3 Å². The Hall–Kier alpha value is -2.34. The number of phenols is 1. The molecule has 0 amide bonds. The topological polar surface area (TPSA) is 90.5 Å². The summed E-state index contributed by atoms with van der Waals surface area (Å²) in [6.45, 7) is 3.58. The zero-order valence-corrected chi connectivity index (χ0v) is 13.1. The monoisotopic (exact) mass is 315 g/mol. The number of aromatic nitrogens is 2. The predicted molar refractivity (Wildman–Crippen MR) is 87.2 cm³/mol. The van der Waals surface area contributed by atoms with E-state index < -0.39 is 0 Å². The molecule has 0 aliphatic carbocycles. The third-order valence-corrected chi connectivity index (χ3v) is 4.21. The van der Waals surface area contributed by atoms with Crippen molar-refractivity contribution in [2.75, 3.05) is 18.9 Å². The Kier molecular flexibility index (Phi) is 4.62. The number of anilines is 1. The lowest BCUT2D eigenvalue weighted by molar-refractivity contribution is 0.0240. The van der Waals surface area contributed by atoms with Gasteiger partial charge in [-0.3, -0.25) is 0 Å². The Labute approximate surface area is 135 Å². The fourth-order valence-corrected chi connectivity index (χ4v) is 2.78. The second-order valence-electron chi connectivity index (χ2n) is 5.77. The Balaban J connectivity index is 1.82. The maximum absolute atomic E-state index is 9.96. The van der Waals surface area contributed by atoms with Crippen molar-refractivity contribution in [2.45, 2.75) is 25.9 Å². The van der Waals surface area contributed by atoms with Gasteiger partial charge >= 0.3 is 0 Å². The molecule has 6 nitrogen and oxygen atoms in total. The number of nitrogen functional groups attached to an aromatic ring is 1. The van der Waals surface area contributed by atoms with Crippen molar-refractivity contribution in [1.29, 1.82) is 0 Å². The predicted octanol–water partition coefficient (Wildman–Crippen LogP) is 2.63. The molecular weight excluding hydrogens is 294 g/mol. The van der Waals surface area contributed by atoms with Crippen LogP contribution in [-0.2, 0) is 4.74 Å². The van der Waals surface area contributed by atoms with Crippen molar-refractivity contribution >= 4 is 5.82 Å². The molecule has 1 fully saturated rings. The van der Waals surface area contributed by atoms with Crippen LogP contribution < -0.4 is 10.5 Å². The van der Waals surface area contributed by atoms with Crippen molar-refractivity contribution in [3.8, 4) is 22.8 Å². The van der Waals surface area contributed by atoms with Crippen LogP contribution in [0, 0.1) is 5.92 Å². The second-order valence-corrected chi connectivity index (χ2v) is 5.77. The van der Waals surface area contributed by atoms with Crippen LogP contribution in [0.25, 0.3) is 11.3 Å². The quantitative estimate of drug-likeness (QED) is 0.901. The van der Waals surface area contributed by atoms with E-state index in [2.05, 4.69) is 10.2 Å². The molecule has 3 rings (SSSR count). The van der Waals surface area contributed by atoms with Crippen LogP contribution in [0.15, 0.2) is 30.3 Å². The SMILES string of the molecule is CC(Oc1cc(-c2ccccc2O)nnc1N)C1CCOCC1. The number of phenolic OH excluding ortho intramolecular Hbond substituents is 1. The van der Waals surface area contributed by atoms with Crippen molar-refractivity contribution < 1.29 is 14.6 Å². The van der Waals surface area contributed by atoms with Crippen LogP contribution in [0.4, 0.5) is 5.82 Å². The average molecular weight is 315 g/mol. The molecule has 2 aromatic rings. The molecule has 0 saturated carbocycles. The van der Waals surface area contributed by atoms with Crippen molar-refractivity contribution in [3.63, 3.8) is 0 Å². The van der Waals surface area contributed by atoms with E-state index in [9.17, 15) is 5.11 Å². The first-order valence-electron chi connectivity index (χ1n) is 7.81. The highest BCUT2D eigenvalue weighted by Crippen LogP contribution is 2.32. The molecular formula is C17H21N3O3. The minimum atomic E-state index is 0.0163. The zero-order valence-electron chi connectivity index (χ0n) is 13.1. The van der Waals surface area contributed by atoms with Gasteiger partial charge < -0.3 is 20.3 Å². The molecule has 0 radical (unpaired) electrons. The third-order valence-electron chi connectivity index (χ3n) is 4.21. The van der Waals surface area contributed by atoms with Gasteiger partial charge in [0.05, 0.1) is 6.10 Å². The Morgan fingerprint density at radius 2 is 2.00 bits per heavy atom. The molecule has 1 aliphatic heterocycles. The highest BCUT2D eigenvalue weighted by molar-refractivity contribution is 5.68. The smallest absolute Gasteiger partial charge is 0.188 e. The van der Waals surface area contributed by atoms with Crippen LogP contribution in [-0.4, -0.2) is 34.6 Å².